The Morgan fingerprint density at radius 2 is 2.18 bits per heavy atom. The molecule has 0 radical (unpaired) electrons. The van der Waals surface area contributed by atoms with Crippen LogP contribution in [0.3, 0.4) is 0 Å². The van der Waals surface area contributed by atoms with E-state index < -0.39 is 0 Å². The predicted molar refractivity (Wildman–Crippen MR) is 81.4 cm³/mol. The number of carbonyl (C=O) groups excluding carboxylic acids is 1. The maximum atomic E-state index is 11.7. The van der Waals surface area contributed by atoms with Crippen LogP contribution in [0.2, 0.25) is 0 Å². The number of ether oxygens (including phenoxy) is 1. The van der Waals surface area contributed by atoms with Crippen molar-refractivity contribution >= 4 is 5.91 Å². The van der Waals surface area contributed by atoms with Crippen molar-refractivity contribution in [2.45, 2.75) is 19.4 Å². The van der Waals surface area contributed by atoms with E-state index in [0.717, 1.165) is 5.56 Å². The Morgan fingerprint density at radius 1 is 1.41 bits per heavy atom. The van der Waals surface area contributed by atoms with E-state index in [1.54, 1.807) is 21.1 Å². The summed E-state index contributed by atoms with van der Waals surface area (Å²) in [6.07, 6.45) is 0.397. The lowest BCUT2D eigenvalue weighted by Crippen LogP contribution is -2.29. The van der Waals surface area contributed by atoms with E-state index in [-0.39, 0.29) is 11.9 Å². The molecule has 0 saturated heterocycles. The van der Waals surface area contributed by atoms with Crippen LogP contribution in [0.1, 0.15) is 25.3 Å². The van der Waals surface area contributed by atoms with Crippen LogP contribution < -0.4 is 15.4 Å². The molecule has 0 bridgehead atoms. The summed E-state index contributed by atoms with van der Waals surface area (Å²) >= 11 is 0. The average Bonchev–Trinajstić information content (AvgIpc) is 3.02. The minimum Gasteiger partial charge on any atom is -0.496 e. The first-order chi connectivity index (χ1) is 10.7. The average molecular weight is 304 g/mol. The predicted octanol–water partition coefficient (Wildman–Crippen LogP) is 1.53. The van der Waals surface area contributed by atoms with Crippen LogP contribution in [0.5, 0.6) is 5.75 Å². The van der Waals surface area contributed by atoms with Crippen molar-refractivity contribution in [2.75, 3.05) is 20.7 Å². The first kappa shape index (κ1) is 16.0. The molecular weight excluding hydrogens is 284 g/mol. The lowest BCUT2D eigenvalue weighted by molar-refractivity contribution is -0.121. The van der Waals surface area contributed by atoms with Gasteiger partial charge in [-0.2, -0.15) is 4.98 Å². The minimum atomic E-state index is -0.347. The Morgan fingerprint density at radius 3 is 2.91 bits per heavy atom. The van der Waals surface area contributed by atoms with Crippen molar-refractivity contribution < 1.29 is 14.1 Å². The smallest absolute Gasteiger partial charge is 0.249 e. The zero-order valence-electron chi connectivity index (χ0n) is 12.9. The molecule has 0 spiro atoms. The third-order valence-corrected chi connectivity index (χ3v) is 3.14. The SMILES string of the molecule is CNCCC(=O)NC(C)c1nc(-c2ccccc2OC)no1. The van der Waals surface area contributed by atoms with Gasteiger partial charge in [0.25, 0.3) is 0 Å². The van der Waals surface area contributed by atoms with Crippen molar-refractivity contribution in [1.82, 2.24) is 20.8 Å². The van der Waals surface area contributed by atoms with Crippen molar-refractivity contribution in [3.63, 3.8) is 0 Å². The highest BCUT2D eigenvalue weighted by Crippen LogP contribution is 2.27. The summed E-state index contributed by atoms with van der Waals surface area (Å²) in [5.41, 5.74) is 0.744. The van der Waals surface area contributed by atoms with Crippen LogP contribution in [0.4, 0.5) is 0 Å². The molecule has 118 valence electrons. The lowest BCUT2D eigenvalue weighted by Gasteiger charge is -2.09. The Hall–Kier alpha value is -2.41. The van der Waals surface area contributed by atoms with E-state index in [2.05, 4.69) is 20.8 Å². The van der Waals surface area contributed by atoms with Crippen molar-refractivity contribution in [3.05, 3.63) is 30.2 Å². The van der Waals surface area contributed by atoms with Crippen LogP contribution >= 0.6 is 0 Å². The van der Waals surface area contributed by atoms with Gasteiger partial charge >= 0.3 is 0 Å². The maximum absolute atomic E-state index is 11.7. The number of rotatable bonds is 7. The Labute approximate surface area is 129 Å². The van der Waals surface area contributed by atoms with Crippen LogP contribution in [-0.2, 0) is 4.79 Å². The Balaban J connectivity index is 2.09. The summed E-state index contributed by atoms with van der Waals surface area (Å²) in [6, 6.07) is 7.07. The van der Waals surface area contributed by atoms with E-state index >= 15 is 0 Å². The number of amides is 1. The van der Waals surface area contributed by atoms with E-state index in [0.29, 0.717) is 30.4 Å². The summed E-state index contributed by atoms with van der Waals surface area (Å²) in [5, 5.41) is 9.70. The second-order valence-corrected chi connectivity index (χ2v) is 4.80. The van der Waals surface area contributed by atoms with Crippen LogP contribution in [-0.4, -0.2) is 36.8 Å². The molecule has 2 rings (SSSR count). The van der Waals surface area contributed by atoms with Gasteiger partial charge in [0.15, 0.2) is 0 Å². The zero-order chi connectivity index (χ0) is 15.9. The number of benzene rings is 1. The fourth-order valence-electron chi connectivity index (χ4n) is 1.96. The van der Waals surface area contributed by atoms with Crippen molar-refractivity contribution in [2.24, 2.45) is 0 Å². The number of aromatic nitrogens is 2. The molecule has 0 fully saturated rings. The summed E-state index contributed by atoms with van der Waals surface area (Å²) in [4.78, 5) is 16.0. The molecule has 1 amide bonds. The number of nitrogens with zero attached hydrogens (tertiary/aromatic N) is 2. The van der Waals surface area contributed by atoms with Gasteiger partial charge in [-0.25, -0.2) is 0 Å². The van der Waals surface area contributed by atoms with E-state index in [1.807, 2.05) is 24.3 Å². The Kier molecular flexibility index (Phi) is 5.48. The molecule has 1 aromatic carbocycles. The van der Waals surface area contributed by atoms with E-state index in [1.165, 1.54) is 0 Å². The monoisotopic (exact) mass is 304 g/mol. The highest BCUT2D eigenvalue weighted by Gasteiger charge is 2.18. The van der Waals surface area contributed by atoms with E-state index in [9.17, 15) is 4.79 Å². The van der Waals surface area contributed by atoms with Crippen LogP contribution in [0, 0.1) is 0 Å². The standard InChI is InChI=1S/C15H20N4O3/c1-10(17-13(20)8-9-16-2)15-18-14(19-22-15)11-6-4-5-7-12(11)21-3/h4-7,10,16H,8-9H2,1-3H3,(H,17,20). The number of para-hydroxylation sites is 1. The first-order valence-electron chi connectivity index (χ1n) is 7.06. The molecule has 0 aliphatic heterocycles. The van der Waals surface area contributed by atoms with E-state index in [4.69, 9.17) is 9.26 Å². The number of methoxy groups -OCH3 is 1. The number of nitrogens with one attached hydrogen (secondary N) is 2. The minimum absolute atomic E-state index is 0.0705. The first-order valence-corrected chi connectivity index (χ1v) is 7.06. The molecular formula is C15H20N4O3. The van der Waals surface area contributed by atoms with Gasteiger partial charge in [0, 0.05) is 13.0 Å². The third kappa shape index (κ3) is 3.82. The van der Waals surface area contributed by atoms with Crippen molar-refractivity contribution in [3.8, 4) is 17.1 Å². The van der Waals surface area contributed by atoms with Gasteiger partial charge in [0.2, 0.25) is 17.6 Å². The van der Waals surface area contributed by atoms with Gasteiger partial charge in [-0.05, 0) is 26.1 Å². The normalized spacial score (nSPS) is 12.0. The molecule has 2 aromatic rings. The summed E-state index contributed by atoms with van der Waals surface area (Å²) in [7, 11) is 3.39. The highest BCUT2D eigenvalue weighted by atomic mass is 16.5. The zero-order valence-corrected chi connectivity index (χ0v) is 12.9. The molecule has 1 atom stereocenters. The van der Waals surface area contributed by atoms with Gasteiger partial charge in [-0.15, -0.1) is 0 Å². The Bertz CT molecular complexity index is 627. The van der Waals surface area contributed by atoms with Crippen LogP contribution in [0.15, 0.2) is 28.8 Å². The fourth-order valence-corrected chi connectivity index (χ4v) is 1.96. The molecule has 0 aliphatic rings. The lowest BCUT2D eigenvalue weighted by atomic mass is 10.2. The second-order valence-electron chi connectivity index (χ2n) is 4.80. The van der Waals surface area contributed by atoms with Crippen LogP contribution in [0.25, 0.3) is 11.4 Å². The molecule has 0 saturated carbocycles. The fraction of sp³-hybridized carbons (Fsp3) is 0.400. The molecule has 1 heterocycles. The molecule has 7 heteroatoms. The molecule has 0 aliphatic carbocycles. The summed E-state index contributed by atoms with van der Waals surface area (Å²) in [6.45, 7) is 2.42. The number of hydrogen-bond donors (Lipinski definition) is 2. The molecule has 22 heavy (non-hydrogen) atoms. The molecule has 2 N–H and O–H groups in total. The quantitative estimate of drug-likeness (QED) is 0.806. The summed E-state index contributed by atoms with van der Waals surface area (Å²) in [5.74, 6) is 1.39. The third-order valence-electron chi connectivity index (χ3n) is 3.14. The second kappa shape index (κ2) is 7.56. The number of carbonyl (C=O) groups is 1. The van der Waals surface area contributed by atoms with Gasteiger partial charge in [-0.1, -0.05) is 17.3 Å². The van der Waals surface area contributed by atoms with Crippen molar-refractivity contribution in [1.29, 1.82) is 0 Å². The van der Waals surface area contributed by atoms with Gasteiger partial charge in [-0.3, -0.25) is 4.79 Å². The topological polar surface area (TPSA) is 89.3 Å². The molecule has 1 unspecified atom stereocenters. The van der Waals surface area contributed by atoms with Gasteiger partial charge in [0.05, 0.1) is 12.7 Å². The maximum Gasteiger partial charge on any atom is 0.249 e. The van der Waals surface area contributed by atoms with Gasteiger partial charge < -0.3 is 19.9 Å². The summed E-state index contributed by atoms with van der Waals surface area (Å²) < 4.78 is 10.5. The number of hydrogen-bond acceptors (Lipinski definition) is 6. The molecule has 1 aromatic heterocycles. The largest absolute Gasteiger partial charge is 0.496 e. The van der Waals surface area contributed by atoms with Gasteiger partial charge in [0.1, 0.15) is 11.8 Å². The molecule has 7 nitrogen and oxygen atoms in total. The highest BCUT2D eigenvalue weighted by molar-refractivity contribution is 5.76.